The van der Waals surface area contributed by atoms with E-state index in [1.54, 1.807) is 28.1 Å². The number of hydrogen-bond donors (Lipinski definition) is 0. The Balaban J connectivity index is 1.55. The van der Waals surface area contributed by atoms with Gasteiger partial charge in [0.15, 0.2) is 5.76 Å². The number of sulfonamides is 1. The lowest BCUT2D eigenvalue weighted by molar-refractivity contribution is -0.138. The monoisotopic (exact) mass is 477 g/mol. The number of hydrogen-bond acceptors (Lipinski definition) is 7. The number of nitrogens with zero attached hydrogens (tertiary/aromatic N) is 3. The van der Waals surface area contributed by atoms with E-state index in [2.05, 4.69) is 5.16 Å². The maximum atomic E-state index is 13.6. The smallest absolute Gasteiger partial charge is 0.248 e. The van der Waals surface area contributed by atoms with Crippen LogP contribution in [0.15, 0.2) is 27.6 Å². The van der Waals surface area contributed by atoms with E-state index in [0.29, 0.717) is 43.1 Å². The number of methoxy groups -OCH3 is 2. The van der Waals surface area contributed by atoms with Crippen molar-refractivity contribution < 1.29 is 27.2 Å². The van der Waals surface area contributed by atoms with Gasteiger partial charge < -0.3 is 18.9 Å². The molecule has 0 spiro atoms. The van der Waals surface area contributed by atoms with Crippen molar-refractivity contribution in [2.45, 2.75) is 57.0 Å². The van der Waals surface area contributed by atoms with Crippen LogP contribution < -0.4 is 9.47 Å². The van der Waals surface area contributed by atoms with Gasteiger partial charge >= 0.3 is 0 Å². The minimum atomic E-state index is -3.79. The molecular weight excluding hydrogens is 446 g/mol. The molecule has 1 aromatic heterocycles. The number of piperidine rings is 1. The minimum absolute atomic E-state index is 0.0129. The van der Waals surface area contributed by atoms with E-state index in [0.717, 1.165) is 18.4 Å². The summed E-state index contributed by atoms with van der Waals surface area (Å²) in [7, 11) is -0.579. The average Bonchev–Trinajstić information content (AvgIpc) is 3.60. The fraction of sp³-hybridized carbons (Fsp3) is 0.565. The van der Waals surface area contributed by atoms with Crippen molar-refractivity contribution in [3.63, 3.8) is 0 Å². The van der Waals surface area contributed by atoms with Crippen LogP contribution in [-0.4, -0.2) is 62.0 Å². The molecule has 4 rings (SSSR count). The molecule has 0 bridgehead atoms. The molecule has 1 aromatic carbocycles. The van der Waals surface area contributed by atoms with E-state index in [-0.39, 0.29) is 29.1 Å². The van der Waals surface area contributed by atoms with Crippen LogP contribution in [0.1, 0.15) is 42.7 Å². The summed E-state index contributed by atoms with van der Waals surface area (Å²) < 4.78 is 43.9. The number of ether oxygens (including phenoxy) is 2. The van der Waals surface area contributed by atoms with Crippen molar-refractivity contribution in [1.29, 1.82) is 0 Å². The van der Waals surface area contributed by atoms with E-state index < -0.39 is 15.9 Å². The van der Waals surface area contributed by atoms with E-state index in [1.807, 2.05) is 23.1 Å². The second kappa shape index (κ2) is 9.34. The number of carbonyl (C=O) groups excluding carboxylic acids is 1. The summed E-state index contributed by atoms with van der Waals surface area (Å²) in [6.45, 7) is 4.14. The molecular formula is C23H31N3O6S. The lowest BCUT2D eigenvalue weighted by Gasteiger charge is -2.34. The van der Waals surface area contributed by atoms with Gasteiger partial charge in [-0.1, -0.05) is 5.16 Å². The normalized spacial score (nSPS) is 19.3. The van der Waals surface area contributed by atoms with Crippen molar-refractivity contribution in [2.75, 3.05) is 27.3 Å². The number of rotatable bonds is 8. The Hall–Kier alpha value is -2.59. The third-order valence-electron chi connectivity index (χ3n) is 6.40. The van der Waals surface area contributed by atoms with Crippen LogP contribution in [0.3, 0.4) is 0 Å². The van der Waals surface area contributed by atoms with Crippen molar-refractivity contribution in [1.82, 2.24) is 14.4 Å². The summed E-state index contributed by atoms with van der Waals surface area (Å²) in [4.78, 5) is 15.6. The number of aromatic nitrogens is 1. The van der Waals surface area contributed by atoms with Gasteiger partial charge in [0.25, 0.3) is 0 Å². The maximum Gasteiger partial charge on any atom is 0.248 e. The van der Waals surface area contributed by atoms with Gasteiger partial charge in [0, 0.05) is 31.2 Å². The fourth-order valence-corrected chi connectivity index (χ4v) is 6.35. The van der Waals surface area contributed by atoms with Crippen molar-refractivity contribution in [3.8, 4) is 11.5 Å². The Kier molecular flexibility index (Phi) is 6.67. The summed E-state index contributed by atoms with van der Waals surface area (Å²) >= 11 is 0. The summed E-state index contributed by atoms with van der Waals surface area (Å²) in [6, 6.07) is 5.71. The largest absolute Gasteiger partial charge is 0.497 e. The molecule has 1 saturated carbocycles. The molecule has 2 fully saturated rings. The van der Waals surface area contributed by atoms with E-state index in [4.69, 9.17) is 14.0 Å². The molecule has 2 heterocycles. The van der Waals surface area contributed by atoms with E-state index >= 15 is 0 Å². The lowest BCUT2D eigenvalue weighted by atomic mass is 9.97. The van der Waals surface area contributed by atoms with Gasteiger partial charge in [0.05, 0.1) is 20.1 Å². The molecule has 1 aliphatic carbocycles. The Morgan fingerprint density at radius 1 is 1.21 bits per heavy atom. The number of amides is 1. The molecule has 2 aliphatic rings. The first-order valence-electron chi connectivity index (χ1n) is 11.2. The molecule has 1 saturated heterocycles. The molecule has 9 nitrogen and oxygen atoms in total. The summed E-state index contributed by atoms with van der Waals surface area (Å²) in [5, 5.41) is 3.79. The molecule has 33 heavy (non-hydrogen) atoms. The Morgan fingerprint density at radius 3 is 2.58 bits per heavy atom. The Labute approximate surface area is 194 Å². The van der Waals surface area contributed by atoms with Crippen molar-refractivity contribution in [2.24, 2.45) is 5.92 Å². The number of carbonyl (C=O) groups is 1. The standard InChI is InChI=1S/C23H31N3O6S/c1-15-22(16(2)32-24-15)33(28,29)25-11-5-6-17(13-25)23(27)26(19-7-8-19)14-18-12-20(30-3)9-10-21(18)31-4/h9-10,12,17,19H,5-8,11,13-14H2,1-4H3. The van der Waals surface area contributed by atoms with Crippen LogP contribution in [0.4, 0.5) is 0 Å². The van der Waals surface area contributed by atoms with E-state index in [1.165, 1.54) is 4.31 Å². The van der Waals surface area contributed by atoms with Crippen LogP contribution in [0.2, 0.25) is 0 Å². The predicted molar refractivity (Wildman–Crippen MR) is 121 cm³/mol. The molecule has 1 atom stereocenters. The van der Waals surface area contributed by atoms with Crippen LogP contribution in [-0.2, 0) is 21.4 Å². The van der Waals surface area contributed by atoms with Gasteiger partial charge in [0.2, 0.25) is 15.9 Å². The zero-order valence-electron chi connectivity index (χ0n) is 19.5. The van der Waals surface area contributed by atoms with Crippen LogP contribution in [0, 0.1) is 19.8 Å². The van der Waals surface area contributed by atoms with E-state index in [9.17, 15) is 13.2 Å². The van der Waals surface area contributed by atoms with Crippen LogP contribution in [0.25, 0.3) is 0 Å². The molecule has 1 amide bonds. The Morgan fingerprint density at radius 2 is 1.97 bits per heavy atom. The van der Waals surface area contributed by atoms with Crippen LogP contribution >= 0.6 is 0 Å². The molecule has 2 aromatic rings. The SMILES string of the molecule is COc1ccc(OC)c(CN(C(=O)C2CCCN(S(=O)(=O)c3c(C)noc3C)C2)C2CC2)c1. The highest BCUT2D eigenvalue weighted by Gasteiger charge is 2.41. The van der Waals surface area contributed by atoms with Crippen molar-refractivity contribution >= 4 is 15.9 Å². The highest BCUT2D eigenvalue weighted by atomic mass is 32.2. The topological polar surface area (TPSA) is 102 Å². The first-order chi connectivity index (χ1) is 15.8. The van der Waals surface area contributed by atoms with Gasteiger partial charge in [0.1, 0.15) is 22.1 Å². The highest BCUT2D eigenvalue weighted by molar-refractivity contribution is 7.89. The van der Waals surface area contributed by atoms with Crippen molar-refractivity contribution in [3.05, 3.63) is 35.2 Å². The Bertz CT molecular complexity index is 1110. The zero-order chi connectivity index (χ0) is 23.8. The quantitative estimate of drug-likeness (QED) is 0.576. The predicted octanol–water partition coefficient (Wildman–Crippen LogP) is 2.90. The minimum Gasteiger partial charge on any atom is -0.497 e. The highest BCUT2D eigenvalue weighted by Crippen LogP contribution is 2.35. The third-order valence-corrected chi connectivity index (χ3v) is 8.51. The third kappa shape index (κ3) is 4.72. The van der Waals surface area contributed by atoms with Gasteiger partial charge in [-0.25, -0.2) is 8.42 Å². The van der Waals surface area contributed by atoms with Crippen LogP contribution in [0.5, 0.6) is 11.5 Å². The van der Waals surface area contributed by atoms with Gasteiger partial charge in [-0.15, -0.1) is 0 Å². The van der Waals surface area contributed by atoms with Gasteiger partial charge in [-0.05, 0) is 57.7 Å². The number of aryl methyl sites for hydroxylation is 2. The maximum absolute atomic E-state index is 13.6. The molecule has 0 N–H and O–H groups in total. The summed E-state index contributed by atoms with van der Waals surface area (Å²) in [5.41, 5.74) is 1.21. The first-order valence-corrected chi connectivity index (χ1v) is 12.6. The molecule has 1 aliphatic heterocycles. The summed E-state index contributed by atoms with van der Waals surface area (Å²) in [5.74, 6) is 1.25. The molecule has 1 unspecified atom stereocenters. The first kappa shape index (κ1) is 23.6. The second-order valence-corrected chi connectivity index (χ2v) is 10.6. The zero-order valence-corrected chi connectivity index (χ0v) is 20.4. The van der Waals surface area contributed by atoms with Gasteiger partial charge in [-0.2, -0.15) is 4.31 Å². The fourth-order valence-electron chi connectivity index (χ4n) is 4.53. The molecule has 180 valence electrons. The molecule has 10 heteroatoms. The second-order valence-electron chi connectivity index (χ2n) is 8.73. The summed E-state index contributed by atoms with van der Waals surface area (Å²) in [6.07, 6.45) is 3.18. The average molecular weight is 478 g/mol. The lowest BCUT2D eigenvalue weighted by Crippen LogP contribution is -2.47. The van der Waals surface area contributed by atoms with Gasteiger partial charge in [-0.3, -0.25) is 4.79 Å². The molecule has 0 radical (unpaired) electrons. The number of benzene rings is 1.